The smallest absolute Gasteiger partial charge is 0.336 e. The number of hydrogen-bond donors (Lipinski definition) is 3. The number of carboxylic acid groups (broad SMARTS) is 1. The van der Waals surface area contributed by atoms with Gasteiger partial charge >= 0.3 is 5.97 Å². The van der Waals surface area contributed by atoms with Crippen molar-refractivity contribution in [3.8, 4) is 17.3 Å². The van der Waals surface area contributed by atoms with Gasteiger partial charge in [0.1, 0.15) is 11.6 Å². The van der Waals surface area contributed by atoms with Crippen LogP contribution < -0.4 is 11.0 Å². The van der Waals surface area contributed by atoms with E-state index in [9.17, 15) is 30.1 Å². The van der Waals surface area contributed by atoms with Gasteiger partial charge in [0, 0.05) is 23.3 Å². The third kappa shape index (κ3) is 4.18. The quantitative estimate of drug-likeness (QED) is 0.319. The number of H-pyrrole nitrogens is 1. The van der Waals surface area contributed by atoms with Gasteiger partial charge in [0.15, 0.2) is 0 Å². The molecule has 0 spiro atoms. The van der Waals surface area contributed by atoms with E-state index < -0.39 is 16.5 Å². The number of aromatic carboxylic acids is 1. The zero-order chi connectivity index (χ0) is 21.7. The van der Waals surface area contributed by atoms with Crippen LogP contribution in [0.5, 0.6) is 0 Å². The predicted octanol–water partition coefficient (Wildman–Crippen LogP) is 2.36. The van der Waals surface area contributed by atoms with Gasteiger partial charge in [0.05, 0.1) is 22.4 Å². The highest BCUT2D eigenvalue weighted by Gasteiger charge is 2.15. The number of hydrogen-bond acceptors (Lipinski definition) is 8. The molecule has 0 saturated heterocycles. The van der Waals surface area contributed by atoms with Crippen molar-refractivity contribution in [2.24, 2.45) is 5.10 Å². The number of aromatic nitrogens is 2. The molecular formula is C19H12N6O5. The van der Waals surface area contributed by atoms with Crippen molar-refractivity contribution in [3.05, 3.63) is 85.7 Å². The van der Waals surface area contributed by atoms with Gasteiger partial charge in [-0.2, -0.15) is 10.4 Å². The average Bonchev–Trinajstić information content (AvgIpc) is 2.74. The molecule has 0 amide bonds. The van der Waals surface area contributed by atoms with Crippen LogP contribution in [-0.2, 0) is 0 Å². The molecule has 0 aliphatic rings. The van der Waals surface area contributed by atoms with Crippen LogP contribution in [0.4, 0.5) is 11.6 Å². The number of nitro benzene ring substituents is 1. The van der Waals surface area contributed by atoms with E-state index in [0.29, 0.717) is 5.56 Å². The van der Waals surface area contributed by atoms with Crippen molar-refractivity contribution in [1.82, 2.24) is 9.97 Å². The number of anilines is 1. The van der Waals surface area contributed by atoms with Crippen molar-refractivity contribution in [2.45, 2.75) is 0 Å². The van der Waals surface area contributed by atoms with Gasteiger partial charge in [-0.25, -0.2) is 15.2 Å². The molecule has 3 aromatic rings. The molecule has 0 aliphatic carbocycles. The molecule has 30 heavy (non-hydrogen) atoms. The minimum Gasteiger partial charge on any atom is -0.478 e. The van der Waals surface area contributed by atoms with Gasteiger partial charge in [0.2, 0.25) is 5.95 Å². The molecule has 0 fully saturated rings. The van der Waals surface area contributed by atoms with Gasteiger partial charge < -0.3 is 5.11 Å². The normalized spacial score (nSPS) is 10.5. The Hall–Kier alpha value is -4.85. The number of nitriles is 1. The Morgan fingerprint density at radius 1 is 1.30 bits per heavy atom. The van der Waals surface area contributed by atoms with Crippen molar-refractivity contribution >= 4 is 23.8 Å². The van der Waals surface area contributed by atoms with E-state index in [1.165, 1.54) is 6.07 Å². The van der Waals surface area contributed by atoms with E-state index in [1.807, 2.05) is 6.07 Å². The van der Waals surface area contributed by atoms with Gasteiger partial charge in [-0.15, -0.1) is 0 Å². The fourth-order valence-electron chi connectivity index (χ4n) is 2.55. The van der Waals surface area contributed by atoms with E-state index in [4.69, 9.17) is 0 Å². The molecule has 11 heteroatoms. The Labute approximate surface area is 168 Å². The first-order valence-electron chi connectivity index (χ1n) is 8.31. The van der Waals surface area contributed by atoms with Crippen LogP contribution in [0.3, 0.4) is 0 Å². The second-order valence-electron chi connectivity index (χ2n) is 5.82. The monoisotopic (exact) mass is 404 g/mol. The predicted molar refractivity (Wildman–Crippen MR) is 106 cm³/mol. The number of nitrogens with one attached hydrogen (secondary N) is 2. The summed E-state index contributed by atoms with van der Waals surface area (Å²) in [5.74, 6) is -1.44. The highest BCUT2D eigenvalue weighted by molar-refractivity contribution is 5.99. The van der Waals surface area contributed by atoms with Crippen LogP contribution in [0.1, 0.15) is 21.5 Å². The van der Waals surface area contributed by atoms with Gasteiger partial charge in [-0.05, 0) is 6.07 Å². The summed E-state index contributed by atoms with van der Waals surface area (Å²) in [4.78, 5) is 40.2. The molecule has 11 nitrogen and oxygen atoms in total. The fourth-order valence-corrected chi connectivity index (χ4v) is 2.55. The minimum atomic E-state index is -1.36. The van der Waals surface area contributed by atoms with E-state index in [2.05, 4.69) is 20.5 Å². The number of hydrazone groups is 1. The van der Waals surface area contributed by atoms with Gasteiger partial charge in [-0.1, -0.05) is 30.3 Å². The summed E-state index contributed by atoms with van der Waals surface area (Å²) >= 11 is 0. The van der Waals surface area contributed by atoms with Crippen molar-refractivity contribution in [2.75, 3.05) is 5.43 Å². The molecule has 0 bridgehead atoms. The summed E-state index contributed by atoms with van der Waals surface area (Å²) < 4.78 is 0. The first kappa shape index (κ1) is 19.9. The maximum atomic E-state index is 12.2. The lowest BCUT2D eigenvalue weighted by Gasteiger charge is -2.06. The number of nitrogens with zero attached hydrogens (tertiary/aromatic N) is 4. The third-order valence-corrected chi connectivity index (χ3v) is 3.93. The lowest BCUT2D eigenvalue weighted by Crippen LogP contribution is -2.16. The lowest BCUT2D eigenvalue weighted by molar-refractivity contribution is -0.384. The first-order chi connectivity index (χ1) is 14.4. The molecule has 148 valence electrons. The molecule has 2 aromatic carbocycles. The maximum absolute atomic E-state index is 12.2. The topological polar surface area (TPSA) is 174 Å². The summed E-state index contributed by atoms with van der Waals surface area (Å²) in [6.07, 6.45) is 1.12. The molecule has 0 radical (unpaired) electrons. The van der Waals surface area contributed by atoms with E-state index in [0.717, 1.165) is 18.3 Å². The molecule has 0 atom stereocenters. The highest BCUT2D eigenvalue weighted by Crippen LogP contribution is 2.20. The zero-order valence-corrected chi connectivity index (χ0v) is 15.1. The maximum Gasteiger partial charge on any atom is 0.336 e. The number of benzene rings is 2. The summed E-state index contributed by atoms with van der Waals surface area (Å²) in [7, 11) is 0. The molecule has 0 aliphatic heterocycles. The Morgan fingerprint density at radius 3 is 2.67 bits per heavy atom. The van der Waals surface area contributed by atoms with E-state index in [1.54, 1.807) is 30.3 Å². The number of aromatic amines is 1. The molecule has 1 heterocycles. The van der Waals surface area contributed by atoms with Crippen LogP contribution in [-0.4, -0.2) is 32.2 Å². The molecule has 3 N–H and O–H groups in total. The Kier molecular flexibility index (Phi) is 5.60. The molecule has 0 saturated carbocycles. The summed E-state index contributed by atoms with van der Waals surface area (Å²) in [6, 6.07) is 13.7. The molecule has 0 unspecified atom stereocenters. The van der Waals surface area contributed by atoms with Crippen LogP contribution >= 0.6 is 0 Å². The number of nitro groups is 1. The minimum absolute atomic E-state index is 0.0760. The second kappa shape index (κ2) is 8.44. The number of carboxylic acids is 1. The van der Waals surface area contributed by atoms with E-state index >= 15 is 0 Å². The van der Waals surface area contributed by atoms with Gasteiger partial charge in [-0.3, -0.25) is 19.9 Å². The second-order valence-corrected chi connectivity index (χ2v) is 5.82. The average molecular weight is 404 g/mol. The number of non-ortho nitro benzene ring substituents is 1. The molecule has 3 rings (SSSR count). The number of carbonyl (C=O) groups is 1. The van der Waals surface area contributed by atoms with Crippen LogP contribution in [0, 0.1) is 21.4 Å². The van der Waals surface area contributed by atoms with Crippen molar-refractivity contribution < 1.29 is 14.8 Å². The van der Waals surface area contributed by atoms with Crippen LogP contribution in [0.15, 0.2) is 58.4 Å². The first-order valence-corrected chi connectivity index (χ1v) is 8.31. The van der Waals surface area contributed by atoms with E-state index in [-0.39, 0.29) is 34.0 Å². The van der Waals surface area contributed by atoms with Crippen molar-refractivity contribution in [3.63, 3.8) is 0 Å². The SMILES string of the molecule is N#Cc1c(-c2ccccc2)nc(NN=Cc2ccc([N+](=O)[O-])cc2C(=O)O)[nH]c1=O. The standard InChI is InChI=1S/C19H12N6O5/c20-9-15-16(11-4-2-1-3-5-11)22-19(23-17(15)26)24-21-10-12-6-7-13(25(29)30)8-14(12)18(27)28/h1-8,10H,(H,27,28)(H2,22,23,24,26). The third-order valence-electron chi connectivity index (χ3n) is 3.93. The van der Waals surface area contributed by atoms with Crippen LogP contribution in [0.2, 0.25) is 0 Å². The lowest BCUT2D eigenvalue weighted by atomic mass is 10.1. The Balaban J connectivity index is 1.93. The summed E-state index contributed by atoms with van der Waals surface area (Å²) in [6.45, 7) is 0. The highest BCUT2D eigenvalue weighted by atomic mass is 16.6. The van der Waals surface area contributed by atoms with Gasteiger partial charge in [0.25, 0.3) is 11.2 Å². The largest absolute Gasteiger partial charge is 0.478 e. The number of rotatable bonds is 6. The van der Waals surface area contributed by atoms with Crippen molar-refractivity contribution in [1.29, 1.82) is 5.26 Å². The Bertz CT molecular complexity index is 1260. The Morgan fingerprint density at radius 2 is 2.03 bits per heavy atom. The molecular weight excluding hydrogens is 392 g/mol. The summed E-state index contributed by atoms with van der Waals surface area (Å²) in [5, 5.41) is 33.2. The zero-order valence-electron chi connectivity index (χ0n) is 15.1. The fraction of sp³-hybridized carbons (Fsp3) is 0. The van der Waals surface area contributed by atoms with Crippen LogP contribution in [0.25, 0.3) is 11.3 Å². The molecule has 1 aromatic heterocycles. The summed E-state index contributed by atoms with van der Waals surface area (Å²) in [5.41, 5.74) is 1.73.